The summed E-state index contributed by atoms with van der Waals surface area (Å²) in [4.78, 5) is 14.4. The van der Waals surface area contributed by atoms with Crippen molar-refractivity contribution in [3.8, 4) is 6.07 Å². The van der Waals surface area contributed by atoms with Gasteiger partial charge in [-0.05, 0) is 18.6 Å². The largest absolute Gasteiger partial charge is 0.363 e. The Morgan fingerprint density at radius 1 is 1.63 bits per heavy atom. The number of rotatable bonds is 4. The Morgan fingerprint density at radius 3 is 3.11 bits per heavy atom. The van der Waals surface area contributed by atoms with Gasteiger partial charge in [-0.25, -0.2) is 4.98 Å². The van der Waals surface area contributed by atoms with E-state index in [1.54, 1.807) is 0 Å². The molecule has 0 spiro atoms. The Balaban J connectivity index is 2.06. The highest BCUT2D eigenvalue weighted by molar-refractivity contribution is 7.99. The molecule has 0 radical (unpaired) electrons. The Morgan fingerprint density at radius 2 is 2.47 bits per heavy atom. The van der Waals surface area contributed by atoms with E-state index in [9.17, 15) is 10.1 Å². The van der Waals surface area contributed by atoms with Crippen molar-refractivity contribution in [2.75, 3.05) is 17.6 Å². The van der Waals surface area contributed by atoms with Crippen LogP contribution < -0.4 is 5.32 Å². The van der Waals surface area contributed by atoms with Gasteiger partial charge in [-0.1, -0.05) is 6.42 Å². The molecule has 1 saturated heterocycles. The van der Waals surface area contributed by atoms with Crippen LogP contribution >= 0.6 is 11.8 Å². The first-order valence-corrected chi connectivity index (χ1v) is 7.15. The van der Waals surface area contributed by atoms with Crippen molar-refractivity contribution in [3.05, 3.63) is 27.9 Å². The molecule has 2 rings (SSSR count). The lowest BCUT2D eigenvalue weighted by atomic mass is 10.2. The van der Waals surface area contributed by atoms with E-state index in [0.717, 1.165) is 12.2 Å². The summed E-state index contributed by atoms with van der Waals surface area (Å²) in [6.45, 7) is 0.671. The van der Waals surface area contributed by atoms with E-state index in [2.05, 4.69) is 10.3 Å². The molecule has 7 heteroatoms. The SMILES string of the molecule is N#Cc1cnc(NCC2CCCCS2)c([N+](=O)[O-])c1. The molecule has 1 N–H and O–H groups in total. The topological polar surface area (TPSA) is 91.8 Å². The van der Waals surface area contributed by atoms with E-state index in [1.165, 1.54) is 25.1 Å². The van der Waals surface area contributed by atoms with E-state index in [0.29, 0.717) is 11.8 Å². The fraction of sp³-hybridized carbons (Fsp3) is 0.500. The van der Waals surface area contributed by atoms with Crippen LogP contribution in [0.3, 0.4) is 0 Å². The lowest BCUT2D eigenvalue weighted by Crippen LogP contribution is -2.20. The number of nitriles is 1. The molecule has 2 heterocycles. The molecule has 0 aromatic carbocycles. The average Bonchev–Trinajstić information content (AvgIpc) is 2.46. The highest BCUT2D eigenvalue weighted by atomic mass is 32.2. The molecule has 1 atom stereocenters. The fourth-order valence-corrected chi connectivity index (χ4v) is 3.21. The molecule has 0 aliphatic carbocycles. The normalized spacial score (nSPS) is 18.6. The minimum Gasteiger partial charge on any atom is -0.363 e. The van der Waals surface area contributed by atoms with Crippen LogP contribution in [0.4, 0.5) is 11.5 Å². The number of nitro groups is 1. The van der Waals surface area contributed by atoms with Gasteiger partial charge in [0.05, 0.1) is 10.5 Å². The third kappa shape index (κ3) is 3.58. The standard InChI is InChI=1S/C12H14N4O2S/c13-6-9-5-11(16(17)18)12(14-7-9)15-8-10-3-1-2-4-19-10/h5,7,10H,1-4,8H2,(H,14,15). The Hall–Kier alpha value is -1.81. The molecule has 0 bridgehead atoms. The number of hydrogen-bond acceptors (Lipinski definition) is 6. The maximum absolute atomic E-state index is 11.0. The summed E-state index contributed by atoms with van der Waals surface area (Å²) in [5.41, 5.74) is 0.0594. The van der Waals surface area contributed by atoms with E-state index in [1.807, 2.05) is 17.8 Å². The zero-order valence-corrected chi connectivity index (χ0v) is 11.2. The van der Waals surface area contributed by atoms with Gasteiger partial charge >= 0.3 is 5.69 Å². The van der Waals surface area contributed by atoms with Gasteiger partial charge < -0.3 is 5.32 Å². The Bertz CT molecular complexity index is 509. The van der Waals surface area contributed by atoms with Gasteiger partial charge in [-0.3, -0.25) is 10.1 Å². The Kier molecular flexibility index (Phi) is 4.58. The molecule has 1 aliphatic rings. The first-order chi connectivity index (χ1) is 9.20. The highest BCUT2D eigenvalue weighted by Gasteiger charge is 2.19. The van der Waals surface area contributed by atoms with E-state index < -0.39 is 4.92 Å². The molecule has 1 aromatic rings. The van der Waals surface area contributed by atoms with E-state index in [-0.39, 0.29) is 17.1 Å². The van der Waals surface area contributed by atoms with Crippen LogP contribution in [-0.2, 0) is 0 Å². The summed E-state index contributed by atoms with van der Waals surface area (Å²) < 4.78 is 0. The second-order valence-electron chi connectivity index (χ2n) is 4.33. The van der Waals surface area contributed by atoms with Crippen LogP contribution in [0.2, 0.25) is 0 Å². The first-order valence-electron chi connectivity index (χ1n) is 6.10. The molecule has 19 heavy (non-hydrogen) atoms. The second-order valence-corrected chi connectivity index (χ2v) is 5.74. The maximum Gasteiger partial charge on any atom is 0.312 e. The van der Waals surface area contributed by atoms with Crippen LogP contribution in [-0.4, -0.2) is 27.5 Å². The number of anilines is 1. The maximum atomic E-state index is 11.0. The summed E-state index contributed by atoms with van der Waals surface area (Å²) in [6.07, 6.45) is 4.93. The van der Waals surface area contributed by atoms with Gasteiger partial charge in [0.15, 0.2) is 0 Å². The van der Waals surface area contributed by atoms with Crippen molar-refractivity contribution >= 4 is 23.3 Å². The van der Waals surface area contributed by atoms with Crippen molar-refractivity contribution in [2.24, 2.45) is 0 Å². The van der Waals surface area contributed by atoms with Crippen LogP contribution in [0.25, 0.3) is 0 Å². The average molecular weight is 278 g/mol. The summed E-state index contributed by atoms with van der Waals surface area (Å²) in [5, 5.41) is 23.2. The van der Waals surface area contributed by atoms with E-state index >= 15 is 0 Å². The lowest BCUT2D eigenvalue weighted by Gasteiger charge is -2.21. The van der Waals surface area contributed by atoms with Crippen LogP contribution in [0.1, 0.15) is 24.8 Å². The first kappa shape index (κ1) is 13.6. The number of hydrogen-bond donors (Lipinski definition) is 1. The van der Waals surface area contributed by atoms with Crippen LogP contribution in [0.15, 0.2) is 12.3 Å². The quantitative estimate of drug-likeness (QED) is 0.672. The van der Waals surface area contributed by atoms with E-state index in [4.69, 9.17) is 5.26 Å². The smallest absolute Gasteiger partial charge is 0.312 e. The molecule has 6 nitrogen and oxygen atoms in total. The summed E-state index contributed by atoms with van der Waals surface area (Å²) >= 11 is 1.89. The van der Waals surface area contributed by atoms with Crippen molar-refractivity contribution in [3.63, 3.8) is 0 Å². The van der Waals surface area contributed by atoms with Gasteiger partial charge in [0.2, 0.25) is 5.82 Å². The molecule has 1 unspecified atom stereocenters. The molecule has 0 saturated carbocycles. The number of thioether (sulfide) groups is 1. The summed E-state index contributed by atoms with van der Waals surface area (Å²) in [5.74, 6) is 1.39. The fourth-order valence-electron chi connectivity index (χ4n) is 1.97. The molecule has 0 amide bonds. The number of pyridine rings is 1. The van der Waals surface area contributed by atoms with Crippen molar-refractivity contribution < 1.29 is 4.92 Å². The number of nitrogens with zero attached hydrogens (tertiary/aromatic N) is 3. The zero-order chi connectivity index (χ0) is 13.7. The summed E-state index contributed by atoms with van der Waals surface area (Å²) in [6, 6.07) is 3.11. The minimum atomic E-state index is -0.510. The molecule has 100 valence electrons. The van der Waals surface area contributed by atoms with Crippen molar-refractivity contribution in [1.82, 2.24) is 4.98 Å². The van der Waals surface area contributed by atoms with Gasteiger partial charge in [0.25, 0.3) is 0 Å². The predicted octanol–water partition coefficient (Wildman–Crippen LogP) is 2.56. The third-order valence-electron chi connectivity index (χ3n) is 2.96. The van der Waals surface area contributed by atoms with Crippen molar-refractivity contribution in [1.29, 1.82) is 5.26 Å². The third-order valence-corrected chi connectivity index (χ3v) is 4.36. The number of nitrogens with one attached hydrogen (secondary N) is 1. The zero-order valence-electron chi connectivity index (χ0n) is 10.3. The monoisotopic (exact) mass is 278 g/mol. The molecule has 1 fully saturated rings. The molecule has 1 aromatic heterocycles. The molecule has 1 aliphatic heterocycles. The van der Waals surface area contributed by atoms with Crippen LogP contribution in [0, 0.1) is 21.4 Å². The second kappa shape index (κ2) is 6.38. The van der Waals surface area contributed by atoms with Gasteiger partial charge in [-0.15, -0.1) is 0 Å². The highest BCUT2D eigenvalue weighted by Crippen LogP contribution is 2.27. The Labute approximate surface area is 115 Å². The van der Waals surface area contributed by atoms with Gasteiger partial charge in [-0.2, -0.15) is 17.0 Å². The minimum absolute atomic E-state index is 0.139. The van der Waals surface area contributed by atoms with Gasteiger partial charge in [0.1, 0.15) is 6.07 Å². The van der Waals surface area contributed by atoms with Crippen molar-refractivity contribution in [2.45, 2.75) is 24.5 Å². The summed E-state index contributed by atoms with van der Waals surface area (Å²) in [7, 11) is 0. The molecular weight excluding hydrogens is 264 g/mol. The number of aromatic nitrogens is 1. The molecular formula is C12H14N4O2S. The van der Waals surface area contributed by atoms with Gasteiger partial charge in [0, 0.05) is 24.1 Å². The van der Waals surface area contributed by atoms with Crippen LogP contribution in [0.5, 0.6) is 0 Å². The lowest BCUT2D eigenvalue weighted by molar-refractivity contribution is -0.384. The predicted molar refractivity (Wildman–Crippen MR) is 74.2 cm³/mol.